The molecule has 0 atom stereocenters. The Bertz CT molecular complexity index is 78.9. The number of allylic oxidation sites excluding steroid dienone is 1. The van der Waals surface area contributed by atoms with E-state index < -0.39 is 0 Å². The number of hydrogen-bond donors (Lipinski definition) is 0. The monoisotopic (exact) mass is 170 g/mol. The van der Waals surface area contributed by atoms with Crippen molar-refractivity contribution in [1.82, 2.24) is 0 Å². The molecule has 0 fully saturated rings. The van der Waals surface area contributed by atoms with Crippen LogP contribution in [0.25, 0.3) is 0 Å². The van der Waals surface area contributed by atoms with E-state index in [1.807, 2.05) is 6.08 Å². The van der Waals surface area contributed by atoms with Gasteiger partial charge in [0.1, 0.15) is 0 Å². The molecule has 0 aliphatic carbocycles. The van der Waals surface area contributed by atoms with Gasteiger partial charge in [-0.2, -0.15) is 0 Å². The second-order valence-electron chi connectivity index (χ2n) is 3.20. The van der Waals surface area contributed by atoms with Gasteiger partial charge in [-0.1, -0.05) is 44.2 Å². The predicted octanol–water partition coefficient (Wildman–Crippen LogP) is 2.69. The molecule has 0 unspecified atom stereocenters. The molecule has 0 heterocycles. The highest BCUT2D eigenvalue weighted by Crippen LogP contribution is 2.07. The van der Waals surface area contributed by atoms with Crippen molar-refractivity contribution in [2.24, 2.45) is 0 Å². The second-order valence-corrected chi connectivity index (χ2v) is 4.20. The summed E-state index contributed by atoms with van der Waals surface area (Å²) in [6.45, 7) is 3.71. The van der Waals surface area contributed by atoms with Crippen LogP contribution in [0.4, 0.5) is 0 Å². The normalized spacial score (nSPS) is 10.2. The summed E-state index contributed by atoms with van der Waals surface area (Å²) in [5.41, 5.74) is 0. The first-order valence-electron chi connectivity index (χ1n) is 5.02. The summed E-state index contributed by atoms with van der Waals surface area (Å²) in [6.07, 6.45) is 11.8. The van der Waals surface area contributed by atoms with Crippen LogP contribution >= 0.6 is 0 Å². The van der Waals surface area contributed by atoms with Crippen LogP contribution in [-0.2, 0) is 0 Å². The molecule has 0 aromatic carbocycles. The van der Waals surface area contributed by atoms with Crippen LogP contribution in [0.1, 0.15) is 44.9 Å². The molecule has 11 heavy (non-hydrogen) atoms. The Morgan fingerprint density at radius 2 is 1.45 bits per heavy atom. The minimum atomic E-state index is 1.21. The first-order chi connectivity index (χ1) is 5.41. The zero-order valence-electron chi connectivity index (χ0n) is 7.94. The molecule has 0 saturated heterocycles. The van der Waals surface area contributed by atoms with Crippen LogP contribution in [0, 0.1) is 0 Å². The van der Waals surface area contributed by atoms with E-state index in [1.165, 1.54) is 61.2 Å². The average Bonchev–Trinajstić information content (AvgIpc) is 2.03. The topological polar surface area (TPSA) is 0 Å². The molecule has 66 valence electrons. The van der Waals surface area contributed by atoms with Crippen LogP contribution in [-0.4, -0.2) is 10.2 Å². The fourth-order valence-electron chi connectivity index (χ4n) is 1.25. The number of rotatable bonds is 8. The SMILES string of the molecule is C=CCCCCCCCC[SiH3]. The summed E-state index contributed by atoms with van der Waals surface area (Å²) in [5.74, 6) is 0. The molecular weight excluding hydrogens is 148 g/mol. The first kappa shape index (κ1) is 11.0. The zero-order valence-corrected chi connectivity index (χ0v) is 9.94. The maximum absolute atomic E-state index is 3.71. The van der Waals surface area contributed by atoms with E-state index in [0.717, 1.165) is 0 Å². The maximum Gasteiger partial charge on any atom is 0.00279 e. The van der Waals surface area contributed by atoms with Gasteiger partial charge in [0.15, 0.2) is 0 Å². The van der Waals surface area contributed by atoms with Gasteiger partial charge in [0.2, 0.25) is 0 Å². The lowest BCUT2D eigenvalue weighted by molar-refractivity contribution is 0.611. The van der Waals surface area contributed by atoms with Crippen LogP contribution < -0.4 is 0 Å². The van der Waals surface area contributed by atoms with Crippen molar-refractivity contribution in [3.05, 3.63) is 12.7 Å². The third-order valence-corrected chi connectivity index (χ3v) is 2.72. The van der Waals surface area contributed by atoms with Gasteiger partial charge in [-0.3, -0.25) is 0 Å². The third-order valence-electron chi connectivity index (χ3n) is 2.01. The molecule has 0 radical (unpaired) electrons. The summed E-state index contributed by atoms with van der Waals surface area (Å²) in [5, 5.41) is 0. The highest BCUT2D eigenvalue weighted by Gasteiger charge is 1.88. The Hall–Kier alpha value is -0.0431. The largest absolute Gasteiger partial charge is 0.103 e. The van der Waals surface area contributed by atoms with Crippen molar-refractivity contribution < 1.29 is 0 Å². The molecule has 0 saturated carbocycles. The molecule has 0 bridgehead atoms. The van der Waals surface area contributed by atoms with E-state index in [2.05, 4.69) is 6.58 Å². The van der Waals surface area contributed by atoms with Gasteiger partial charge < -0.3 is 0 Å². The summed E-state index contributed by atoms with van der Waals surface area (Å²) in [6, 6.07) is 1.49. The van der Waals surface area contributed by atoms with E-state index in [1.54, 1.807) is 0 Å². The second kappa shape index (κ2) is 9.96. The van der Waals surface area contributed by atoms with Gasteiger partial charge in [-0.25, -0.2) is 0 Å². The molecule has 0 aromatic rings. The minimum Gasteiger partial charge on any atom is -0.103 e. The summed E-state index contributed by atoms with van der Waals surface area (Å²) in [7, 11) is 1.40. The van der Waals surface area contributed by atoms with Crippen molar-refractivity contribution in [3.8, 4) is 0 Å². The minimum absolute atomic E-state index is 1.21. The van der Waals surface area contributed by atoms with E-state index in [0.29, 0.717) is 0 Å². The van der Waals surface area contributed by atoms with Gasteiger partial charge in [0.25, 0.3) is 0 Å². The zero-order chi connectivity index (χ0) is 8.36. The summed E-state index contributed by atoms with van der Waals surface area (Å²) >= 11 is 0. The lowest BCUT2D eigenvalue weighted by Crippen LogP contribution is -1.79. The van der Waals surface area contributed by atoms with E-state index in [4.69, 9.17) is 0 Å². The number of unbranched alkanes of at least 4 members (excludes halogenated alkanes) is 6. The molecule has 0 N–H and O–H groups in total. The standard InChI is InChI=1S/C10H22Si/c1-2-3-4-5-6-7-8-9-10-11/h2H,1,3-10H2,11H3. The molecule has 0 aliphatic heterocycles. The van der Waals surface area contributed by atoms with E-state index in [9.17, 15) is 0 Å². The molecular formula is C10H22Si. The van der Waals surface area contributed by atoms with E-state index in [-0.39, 0.29) is 0 Å². The van der Waals surface area contributed by atoms with Crippen LogP contribution in [0.3, 0.4) is 0 Å². The van der Waals surface area contributed by atoms with Gasteiger partial charge in [0.05, 0.1) is 0 Å². The fraction of sp³-hybridized carbons (Fsp3) is 0.800. The van der Waals surface area contributed by atoms with E-state index >= 15 is 0 Å². The smallest absolute Gasteiger partial charge is 0.00279 e. The molecule has 1 heteroatoms. The third kappa shape index (κ3) is 9.96. The maximum atomic E-state index is 3.71. The molecule has 0 aromatic heterocycles. The van der Waals surface area contributed by atoms with Crippen molar-refractivity contribution >= 4 is 10.2 Å². The summed E-state index contributed by atoms with van der Waals surface area (Å²) < 4.78 is 0. The predicted molar refractivity (Wildman–Crippen MR) is 57.3 cm³/mol. The first-order valence-corrected chi connectivity index (χ1v) is 6.44. The Morgan fingerprint density at radius 1 is 0.909 bits per heavy atom. The average molecular weight is 170 g/mol. The fourth-order valence-corrected chi connectivity index (χ4v) is 1.75. The van der Waals surface area contributed by atoms with Crippen molar-refractivity contribution in [3.63, 3.8) is 0 Å². The van der Waals surface area contributed by atoms with Gasteiger partial charge in [0, 0.05) is 10.2 Å². The van der Waals surface area contributed by atoms with Gasteiger partial charge in [-0.05, 0) is 12.8 Å². The Morgan fingerprint density at radius 3 is 2.00 bits per heavy atom. The lowest BCUT2D eigenvalue weighted by Gasteiger charge is -1.98. The van der Waals surface area contributed by atoms with Crippen molar-refractivity contribution in [1.29, 1.82) is 0 Å². The van der Waals surface area contributed by atoms with Crippen molar-refractivity contribution in [2.45, 2.75) is 51.0 Å². The van der Waals surface area contributed by atoms with Crippen molar-refractivity contribution in [2.75, 3.05) is 0 Å². The Balaban J connectivity index is 2.74. The molecule has 0 spiro atoms. The molecule has 0 rings (SSSR count). The molecule has 0 aliphatic rings. The van der Waals surface area contributed by atoms with Crippen LogP contribution in [0.2, 0.25) is 6.04 Å². The Labute approximate surface area is 74.5 Å². The highest BCUT2D eigenvalue weighted by molar-refractivity contribution is 6.08. The molecule has 0 amide bonds. The Kier molecular flexibility index (Phi) is 9.92. The van der Waals surface area contributed by atoms with Gasteiger partial charge in [-0.15, -0.1) is 6.58 Å². The number of hydrogen-bond acceptors (Lipinski definition) is 0. The summed E-state index contributed by atoms with van der Waals surface area (Å²) in [4.78, 5) is 0. The molecule has 0 nitrogen and oxygen atoms in total. The quantitative estimate of drug-likeness (QED) is 0.298. The van der Waals surface area contributed by atoms with Crippen LogP contribution in [0.5, 0.6) is 0 Å². The van der Waals surface area contributed by atoms with Gasteiger partial charge >= 0.3 is 0 Å². The van der Waals surface area contributed by atoms with Crippen LogP contribution in [0.15, 0.2) is 12.7 Å². The highest BCUT2D eigenvalue weighted by atomic mass is 28.1. The lowest BCUT2D eigenvalue weighted by atomic mass is 10.1.